The third-order valence-corrected chi connectivity index (χ3v) is 2.22. The van der Waals surface area contributed by atoms with E-state index in [1.165, 1.54) is 7.11 Å². The van der Waals surface area contributed by atoms with Crippen LogP contribution in [0.5, 0.6) is 0 Å². The molecule has 1 aromatic rings. The molecule has 1 atom stereocenters. The van der Waals surface area contributed by atoms with Gasteiger partial charge < -0.3 is 9.72 Å². The number of halogens is 2. The number of methoxy groups -OCH3 is 1. The average molecular weight is 254 g/mol. The number of esters is 1. The number of carbonyl (C=O) groups is 1. The van der Waals surface area contributed by atoms with Crippen LogP contribution in [0.25, 0.3) is 0 Å². The summed E-state index contributed by atoms with van der Waals surface area (Å²) in [5.74, 6) is -0.228. The van der Waals surface area contributed by atoms with Gasteiger partial charge in [0.1, 0.15) is 6.04 Å². The minimum absolute atomic E-state index is 0. The Morgan fingerprint density at radius 1 is 1.60 bits per heavy atom. The summed E-state index contributed by atoms with van der Waals surface area (Å²) in [5, 5.41) is 3.07. The summed E-state index contributed by atoms with van der Waals surface area (Å²) >= 11 is 0. The Hall–Kier alpha value is -0.780. The van der Waals surface area contributed by atoms with Gasteiger partial charge in [-0.3, -0.25) is 10.1 Å². The Bertz CT molecular complexity index is 329. The topological polar surface area (TPSA) is 67.0 Å². The normalized spacial score (nSPS) is 18.1. The minimum atomic E-state index is -0.249. The number of hydrogen-bond donors (Lipinski definition) is 2. The molecular formula is C8H13Cl2N3O2. The van der Waals surface area contributed by atoms with Gasteiger partial charge in [0.2, 0.25) is 0 Å². The molecule has 15 heavy (non-hydrogen) atoms. The van der Waals surface area contributed by atoms with Crippen LogP contribution in [0.3, 0.4) is 0 Å². The third kappa shape index (κ3) is 2.84. The highest BCUT2D eigenvalue weighted by Crippen LogP contribution is 2.12. The number of hydrogen-bond acceptors (Lipinski definition) is 4. The number of H-pyrrole nitrogens is 1. The van der Waals surface area contributed by atoms with Crippen molar-refractivity contribution in [1.82, 2.24) is 15.3 Å². The van der Waals surface area contributed by atoms with E-state index in [4.69, 9.17) is 0 Å². The van der Waals surface area contributed by atoms with E-state index in [-0.39, 0.29) is 36.8 Å². The van der Waals surface area contributed by atoms with Crippen molar-refractivity contribution < 1.29 is 9.53 Å². The lowest BCUT2D eigenvalue weighted by Crippen LogP contribution is -2.42. The number of fused-ring (bicyclic) bond motifs is 1. The smallest absolute Gasteiger partial charge is 0.323 e. The molecule has 1 unspecified atom stereocenters. The van der Waals surface area contributed by atoms with E-state index in [1.54, 1.807) is 6.33 Å². The van der Waals surface area contributed by atoms with Crippen LogP contribution in [0.1, 0.15) is 11.4 Å². The van der Waals surface area contributed by atoms with Gasteiger partial charge >= 0.3 is 5.97 Å². The summed E-state index contributed by atoms with van der Waals surface area (Å²) in [6.07, 6.45) is 2.25. The summed E-state index contributed by atoms with van der Waals surface area (Å²) in [6.45, 7) is 0.648. The molecule has 0 saturated heterocycles. The number of nitrogens with zero attached hydrogens (tertiary/aromatic N) is 1. The van der Waals surface area contributed by atoms with Crippen LogP contribution < -0.4 is 5.32 Å². The molecule has 86 valence electrons. The summed E-state index contributed by atoms with van der Waals surface area (Å²) in [6, 6.07) is -0.249. The predicted octanol–water partition coefficient (Wildman–Crippen LogP) is 0.441. The van der Waals surface area contributed by atoms with Gasteiger partial charge in [-0.1, -0.05) is 0 Å². The summed E-state index contributed by atoms with van der Waals surface area (Å²) in [7, 11) is 1.39. The third-order valence-electron chi connectivity index (χ3n) is 2.22. The Balaban J connectivity index is 0.000000980. The minimum Gasteiger partial charge on any atom is -0.468 e. The maximum atomic E-state index is 11.2. The number of imidazole rings is 1. The van der Waals surface area contributed by atoms with Crippen molar-refractivity contribution in [3.63, 3.8) is 0 Å². The van der Waals surface area contributed by atoms with Crippen molar-refractivity contribution >= 4 is 30.8 Å². The molecule has 1 aliphatic rings. The van der Waals surface area contributed by atoms with E-state index >= 15 is 0 Å². The van der Waals surface area contributed by atoms with Crippen molar-refractivity contribution in [2.24, 2.45) is 0 Å². The number of nitrogens with one attached hydrogen (secondary N) is 2. The van der Waals surface area contributed by atoms with E-state index < -0.39 is 0 Å². The van der Waals surface area contributed by atoms with E-state index in [2.05, 4.69) is 20.0 Å². The first kappa shape index (κ1) is 14.2. The first-order valence-electron chi connectivity index (χ1n) is 4.13. The van der Waals surface area contributed by atoms with Crippen LogP contribution in [-0.2, 0) is 22.5 Å². The molecule has 5 nitrogen and oxygen atoms in total. The number of aromatic amines is 1. The second-order valence-electron chi connectivity index (χ2n) is 2.99. The van der Waals surface area contributed by atoms with E-state index in [0.29, 0.717) is 13.0 Å². The Labute approximate surface area is 99.8 Å². The zero-order valence-corrected chi connectivity index (χ0v) is 9.78. The molecule has 0 amide bonds. The molecule has 1 aliphatic heterocycles. The lowest BCUT2D eigenvalue weighted by atomic mass is 10.1. The molecule has 0 radical (unpaired) electrons. The SMILES string of the molecule is COC(=O)C1Cc2nc[nH]c2CN1.Cl.Cl. The van der Waals surface area contributed by atoms with Gasteiger partial charge in [0.05, 0.1) is 24.8 Å². The fraction of sp³-hybridized carbons (Fsp3) is 0.500. The molecule has 2 heterocycles. The molecular weight excluding hydrogens is 241 g/mol. The Morgan fingerprint density at radius 2 is 2.33 bits per heavy atom. The molecule has 2 N–H and O–H groups in total. The van der Waals surface area contributed by atoms with Gasteiger partial charge in [-0.2, -0.15) is 0 Å². The van der Waals surface area contributed by atoms with Crippen LogP contribution >= 0.6 is 24.8 Å². The lowest BCUT2D eigenvalue weighted by Gasteiger charge is -2.20. The molecule has 0 aromatic carbocycles. The van der Waals surface area contributed by atoms with Crippen LogP contribution in [0.4, 0.5) is 0 Å². The van der Waals surface area contributed by atoms with Crippen LogP contribution in [0.2, 0.25) is 0 Å². The maximum Gasteiger partial charge on any atom is 0.323 e. The number of ether oxygens (including phenoxy) is 1. The second kappa shape index (κ2) is 5.95. The van der Waals surface area contributed by atoms with Gasteiger partial charge in [-0.05, 0) is 0 Å². The quantitative estimate of drug-likeness (QED) is 0.714. The van der Waals surface area contributed by atoms with Crippen molar-refractivity contribution in [2.75, 3.05) is 7.11 Å². The molecule has 0 aliphatic carbocycles. The molecule has 2 rings (SSSR count). The highest BCUT2D eigenvalue weighted by Gasteiger charge is 2.25. The fourth-order valence-electron chi connectivity index (χ4n) is 1.48. The summed E-state index contributed by atoms with van der Waals surface area (Å²) < 4.78 is 4.64. The van der Waals surface area contributed by atoms with Gasteiger partial charge in [-0.25, -0.2) is 4.98 Å². The average Bonchev–Trinajstić information content (AvgIpc) is 2.63. The van der Waals surface area contributed by atoms with Crippen LogP contribution in [0.15, 0.2) is 6.33 Å². The number of rotatable bonds is 1. The van der Waals surface area contributed by atoms with Gasteiger partial charge in [-0.15, -0.1) is 24.8 Å². The van der Waals surface area contributed by atoms with E-state index in [0.717, 1.165) is 11.4 Å². The zero-order chi connectivity index (χ0) is 9.26. The monoisotopic (exact) mass is 253 g/mol. The molecule has 0 bridgehead atoms. The standard InChI is InChI=1S/C8H11N3O2.2ClH/c1-13-8(12)6-2-5-7(3-9-6)11-4-10-5;;/h4,6,9H,2-3H2,1H3,(H,10,11);2*1H. The van der Waals surface area contributed by atoms with Crippen LogP contribution in [0, 0.1) is 0 Å². The Morgan fingerprint density at radius 3 is 3.00 bits per heavy atom. The van der Waals surface area contributed by atoms with E-state index in [9.17, 15) is 4.79 Å². The maximum absolute atomic E-state index is 11.2. The predicted molar refractivity (Wildman–Crippen MR) is 59.4 cm³/mol. The fourth-order valence-corrected chi connectivity index (χ4v) is 1.48. The largest absolute Gasteiger partial charge is 0.468 e. The highest BCUT2D eigenvalue weighted by molar-refractivity contribution is 5.85. The second-order valence-corrected chi connectivity index (χ2v) is 2.99. The highest BCUT2D eigenvalue weighted by atomic mass is 35.5. The van der Waals surface area contributed by atoms with Crippen molar-refractivity contribution in [2.45, 2.75) is 19.0 Å². The number of carbonyl (C=O) groups excluding carboxylic acids is 1. The molecule has 0 fully saturated rings. The van der Waals surface area contributed by atoms with Crippen LogP contribution in [-0.4, -0.2) is 29.1 Å². The van der Waals surface area contributed by atoms with Gasteiger partial charge in [0, 0.05) is 13.0 Å². The lowest BCUT2D eigenvalue weighted by molar-refractivity contribution is -0.143. The van der Waals surface area contributed by atoms with Gasteiger partial charge in [0.25, 0.3) is 0 Å². The number of aromatic nitrogens is 2. The van der Waals surface area contributed by atoms with Crippen molar-refractivity contribution in [3.05, 3.63) is 17.7 Å². The van der Waals surface area contributed by atoms with Gasteiger partial charge in [0.15, 0.2) is 0 Å². The summed E-state index contributed by atoms with van der Waals surface area (Å²) in [5.41, 5.74) is 2.01. The molecule has 7 heteroatoms. The van der Waals surface area contributed by atoms with Crippen molar-refractivity contribution in [3.8, 4) is 0 Å². The first-order chi connectivity index (χ1) is 6.31. The molecule has 1 aromatic heterocycles. The van der Waals surface area contributed by atoms with E-state index in [1.807, 2.05) is 0 Å². The molecule has 0 saturated carbocycles. The Kier molecular flexibility index (Phi) is 5.64. The first-order valence-corrected chi connectivity index (χ1v) is 4.13. The zero-order valence-electron chi connectivity index (χ0n) is 8.15. The molecule has 0 spiro atoms. The summed E-state index contributed by atoms with van der Waals surface area (Å²) in [4.78, 5) is 18.3. The van der Waals surface area contributed by atoms with Crippen molar-refractivity contribution in [1.29, 1.82) is 0 Å².